The highest BCUT2D eigenvalue weighted by molar-refractivity contribution is 5.98. The van der Waals surface area contributed by atoms with Gasteiger partial charge in [-0.2, -0.15) is 5.10 Å². The van der Waals surface area contributed by atoms with Crippen molar-refractivity contribution in [2.75, 3.05) is 13.1 Å². The second-order valence-electron chi connectivity index (χ2n) is 9.24. The number of carbonyl (C=O) groups is 2. The molecule has 2 unspecified atom stereocenters. The number of aromatic nitrogens is 3. The number of imidazole rings is 1. The number of hydrogen-bond acceptors (Lipinski definition) is 4. The molecule has 3 N–H and O–H groups in total. The van der Waals surface area contributed by atoms with Gasteiger partial charge in [-0.05, 0) is 61.9 Å². The number of nitrogens with two attached hydrogens (primary N) is 1. The molecule has 0 spiro atoms. The average Bonchev–Trinajstić information content (AvgIpc) is 3.61. The molecule has 2 atom stereocenters. The van der Waals surface area contributed by atoms with Gasteiger partial charge >= 0.3 is 0 Å². The molecule has 190 valence electrons. The van der Waals surface area contributed by atoms with Crippen molar-refractivity contribution in [3.05, 3.63) is 84.0 Å². The van der Waals surface area contributed by atoms with E-state index >= 15 is 0 Å². The van der Waals surface area contributed by atoms with Crippen LogP contribution in [0.5, 0.6) is 11.5 Å². The number of primary amides is 1. The van der Waals surface area contributed by atoms with Crippen LogP contribution in [0.1, 0.15) is 42.2 Å². The summed E-state index contributed by atoms with van der Waals surface area (Å²) in [4.78, 5) is 30.4. The monoisotopic (exact) mass is 501 g/mol. The Labute approximate surface area is 213 Å². The molecular weight excluding hydrogens is 473 g/mol. The normalized spacial score (nSPS) is 16.5. The fraction of sp³-hybridized carbons (Fsp3) is 0.250. The van der Waals surface area contributed by atoms with Crippen LogP contribution in [0.3, 0.4) is 0 Å². The summed E-state index contributed by atoms with van der Waals surface area (Å²) in [6.45, 7) is 5.08. The van der Waals surface area contributed by atoms with Crippen LogP contribution >= 0.6 is 0 Å². The Bertz CT molecular complexity index is 1470. The van der Waals surface area contributed by atoms with Crippen LogP contribution in [-0.2, 0) is 4.79 Å². The lowest BCUT2D eigenvalue weighted by atomic mass is 10.0. The van der Waals surface area contributed by atoms with Crippen LogP contribution in [0, 0.1) is 11.7 Å². The minimum atomic E-state index is -0.606. The first-order valence-electron chi connectivity index (χ1n) is 12.2. The van der Waals surface area contributed by atoms with Crippen LogP contribution in [0.2, 0.25) is 0 Å². The van der Waals surface area contributed by atoms with Gasteiger partial charge in [0.2, 0.25) is 5.91 Å². The summed E-state index contributed by atoms with van der Waals surface area (Å²) in [5.74, 6) is 0.179. The van der Waals surface area contributed by atoms with Gasteiger partial charge in [0, 0.05) is 30.1 Å². The Hall–Kier alpha value is -4.40. The van der Waals surface area contributed by atoms with Gasteiger partial charge in [-0.1, -0.05) is 19.1 Å². The molecular formula is C28H28FN5O3. The van der Waals surface area contributed by atoms with Crippen molar-refractivity contribution in [3.8, 4) is 22.8 Å². The van der Waals surface area contributed by atoms with Gasteiger partial charge in [-0.25, -0.2) is 8.91 Å². The largest absolute Gasteiger partial charge is 0.457 e. The quantitative estimate of drug-likeness (QED) is 0.352. The average molecular weight is 502 g/mol. The van der Waals surface area contributed by atoms with E-state index in [9.17, 15) is 14.0 Å². The minimum absolute atomic E-state index is 0.0953. The van der Waals surface area contributed by atoms with E-state index in [2.05, 4.69) is 10.1 Å². The number of benzene rings is 2. The number of ether oxygens (including phenoxy) is 1. The first-order valence-corrected chi connectivity index (χ1v) is 12.2. The molecule has 0 saturated carbocycles. The zero-order chi connectivity index (χ0) is 26.1. The molecule has 8 nitrogen and oxygen atoms in total. The summed E-state index contributed by atoms with van der Waals surface area (Å²) < 4.78 is 20.5. The Morgan fingerprint density at radius 2 is 1.84 bits per heavy atom. The van der Waals surface area contributed by atoms with Gasteiger partial charge < -0.3 is 20.4 Å². The standard InChI is InChI=1S/C28H28FN5O3/c1-3-4-17(2)28(36)33-14-13-19(16-33)23-15-31-34-25(26(30)35)24(32-27(23)34)18-5-9-21(10-6-18)37-22-11-7-20(29)8-12-22/h3-12,15,17,19,32H,13-14,16H2,1-2H3,(H2,30,35)/b4-3+. The molecule has 1 saturated heterocycles. The predicted molar refractivity (Wildman–Crippen MR) is 138 cm³/mol. The molecule has 0 aliphatic carbocycles. The van der Waals surface area contributed by atoms with Crippen molar-refractivity contribution >= 4 is 17.5 Å². The van der Waals surface area contributed by atoms with Gasteiger partial charge in [0.25, 0.3) is 5.91 Å². The maximum absolute atomic E-state index is 13.1. The lowest BCUT2D eigenvalue weighted by Crippen LogP contribution is -2.32. The number of H-pyrrole nitrogens is 1. The van der Waals surface area contributed by atoms with Crippen LogP contribution in [0.4, 0.5) is 4.39 Å². The number of nitrogens with one attached hydrogen (secondary N) is 1. The van der Waals surface area contributed by atoms with Crippen LogP contribution in [0.15, 0.2) is 66.9 Å². The smallest absolute Gasteiger partial charge is 0.269 e. The van der Waals surface area contributed by atoms with Crippen molar-refractivity contribution in [2.24, 2.45) is 11.7 Å². The summed E-state index contributed by atoms with van der Waals surface area (Å²) in [6.07, 6.45) is 6.35. The number of likely N-dealkylation sites (tertiary alicyclic amines) is 1. The van der Waals surface area contributed by atoms with Crippen LogP contribution < -0.4 is 10.5 Å². The number of carbonyl (C=O) groups excluding carboxylic acids is 2. The van der Waals surface area contributed by atoms with Crippen LogP contribution in [0.25, 0.3) is 16.9 Å². The van der Waals surface area contributed by atoms with Crippen molar-refractivity contribution in [1.82, 2.24) is 19.5 Å². The van der Waals surface area contributed by atoms with Crippen LogP contribution in [-0.4, -0.2) is 44.4 Å². The zero-order valence-electron chi connectivity index (χ0n) is 20.6. The van der Waals surface area contributed by atoms with Crippen molar-refractivity contribution in [1.29, 1.82) is 0 Å². The number of allylic oxidation sites excluding steroid dienone is 1. The molecule has 1 aliphatic heterocycles. The number of halogens is 1. The molecule has 3 heterocycles. The third kappa shape index (κ3) is 4.72. The number of hydrogen-bond donors (Lipinski definition) is 2. The van der Waals surface area contributed by atoms with E-state index < -0.39 is 5.91 Å². The van der Waals surface area contributed by atoms with E-state index in [1.807, 2.05) is 43.0 Å². The van der Waals surface area contributed by atoms with Gasteiger partial charge in [-0.3, -0.25) is 9.59 Å². The summed E-state index contributed by atoms with van der Waals surface area (Å²) in [5, 5.41) is 4.46. The number of rotatable bonds is 7. The van der Waals surface area contributed by atoms with Crippen molar-refractivity contribution < 1.29 is 18.7 Å². The highest BCUT2D eigenvalue weighted by Gasteiger charge is 2.32. The molecule has 2 amide bonds. The molecule has 1 fully saturated rings. The molecule has 2 aromatic carbocycles. The molecule has 0 bridgehead atoms. The van der Waals surface area contributed by atoms with E-state index in [1.54, 1.807) is 35.0 Å². The van der Waals surface area contributed by atoms with Gasteiger partial charge in [-0.15, -0.1) is 0 Å². The number of amides is 2. The summed E-state index contributed by atoms with van der Waals surface area (Å²) in [7, 11) is 0. The molecule has 0 radical (unpaired) electrons. The van der Waals surface area contributed by atoms with E-state index in [-0.39, 0.29) is 29.3 Å². The highest BCUT2D eigenvalue weighted by atomic mass is 19.1. The third-order valence-electron chi connectivity index (χ3n) is 6.73. The van der Waals surface area contributed by atoms with E-state index in [4.69, 9.17) is 10.5 Å². The predicted octanol–water partition coefficient (Wildman–Crippen LogP) is 4.89. The van der Waals surface area contributed by atoms with Gasteiger partial charge in [0.1, 0.15) is 23.0 Å². The maximum atomic E-state index is 13.1. The number of fused-ring (bicyclic) bond motifs is 1. The molecule has 4 aromatic rings. The van der Waals surface area contributed by atoms with Gasteiger partial charge in [0.05, 0.1) is 17.8 Å². The molecule has 37 heavy (non-hydrogen) atoms. The first kappa shape index (κ1) is 24.3. The molecule has 5 rings (SSSR count). The van der Waals surface area contributed by atoms with Crippen molar-refractivity contribution in [3.63, 3.8) is 0 Å². The summed E-state index contributed by atoms with van der Waals surface area (Å²) in [6, 6.07) is 12.9. The Kier molecular flexibility index (Phi) is 6.52. The minimum Gasteiger partial charge on any atom is -0.457 e. The zero-order valence-corrected chi connectivity index (χ0v) is 20.6. The Morgan fingerprint density at radius 1 is 1.16 bits per heavy atom. The second kappa shape index (κ2) is 9.93. The SMILES string of the molecule is C/C=C/C(C)C(=O)N1CCC(c2cnn3c(C(N)=O)c(-c4ccc(Oc5ccc(F)cc5)cc4)[nH]c23)C1. The Morgan fingerprint density at radius 3 is 2.49 bits per heavy atom. The lowest BCUT2D eigenvalue weighted by molar-refractivity contribution is -0.132. The lowest BCUT2D eigenvalue weighted by Gasteiger charge is -2.19. The van der Waals surface area contributed by atoms with Gasteiger partial charge in [0.15, 0.2) is 5.69 Å². The third-order valence-corrected chi connectivity index (χ3v) is 6.73. The molecule has 2 aromatic heterocycles. The maximum Gasteiger partial charge on any atom is 0.269 e. The fourth-order valence-corrected chi connectivity index (χ4v) is 4.88. The first-order chi connectivity index (χ1) is 17.9. The second-order valence-corrected chi connectivity index (χ2v) is 9.24. The Balaban J connectivity index is 1.41. The van der Waals surface area contributed by atoms with E-state index in [0.29, 0.717) is 35.9 Å². The van der Waals surface area contributed by atoms with E-state index in [0.717, 1.165) is 17.5 Å². The number of aromatic amines is 1. The van der Waals surface area contributed by atoms with E-state index in [1.165, 1.54) is 12.1 Å². The van der Waals surface area contributed by atoms with Crippen molar-refractivity contribution in [2.45, 2.75) is 26.2 Å². The molecule has 9 heteroatoms. The molecule has 1 aliphatic rings. The fourth-order valence-electron chi connectivity index (χ4n) is 4.88. The topological polar surface area (TPSA) is 106 Å². The summed E-state index contributed by atoms with van der Waals surface area (Å²) in [5.41, 5.74) is 8.93. The highest BCUT2D eigenvalue weighted by Crippen LogP contribution is 2.34. The number of nitrogens with zero attached hydrogens (tertiary/aromatic N) is 3. The summed E-state index contributed by atoms with van der Waals surface area (Å²) >= 11 is 0.